The van der Waals surface area contributed by atoms with E-state index in [4.69, 9.17) is 4.98 Å². The molecule has 0 atom stereocenters. The lowest BCUT2D eigenvalue weighted by Gasteiger charge is -2.34. The van der Waals surface area contributed by atoms with Gasteiger partial charge in [0.1, 0.15) is 5.82 Å². The molecule has 5 rings (SSSR count). The quantitative estimate of drug-likeness (QED) is 0.577. The Morgan fingerprint density at radius 3 is 2.59 bits per heavy atom. The highest BCUT2D eigenvalue weighted by atomic mass is 16.1. The SMILES string of the molecule is CN1CCN(c2ccc3[nH]c(-c4cc5ccccc5[nH]c4=O)nc3c2)CC1. The van der Waals surface area contributed by atoms with Crippen molar-refractivity contribution < 1.29 is 0 Å². The Hall–Kier alpha value is -3.12. The van der Waals surface area contributed by atoms with E-state index in [9.17, 15) is 4.79 Å². The van der Waals surface area contributed by atoms with Gasteiger partial charge in [-0.15, -0.1) is 0 Å². The number of benzene rings is 2. The van der Waals surface area contributed by atoms with Crippen LogP contribution in [0.2, 0.25) is 0 Å². The van der Waals surface area contributed by atoms with Crippen LogP contribution in [0.5, 0.6) is 0 Å². The van der Waals surface area contributed by atoms with Crippen molar-refractivity contribution in [1.82, 2.24) is 19.9 Å². The number of hydrogen-bond donors (Lipinski definition) is 2. The third-order valence-electron chi connectivity index (χ3n) is 5.34. The molecule has 0 radical (unpaired) electrons. The van der Waals surface area contributed by atoms with Crippen molar-refractivity contribution in [2.75, 3.05) is 38.1 Å². The number of pyridine rings is 1. The van der Waals surface area contributed by atoms with Gasteiger partial charge in [-0.2, -0.15) is 0 Å². The van der Waals surface area contributed by atoms with E-state index in [2.05, 4.69) is 45.0 Å². The van der Waals surface area contributed by atoms with Crippen LogP contribution in [0.15, 0.2) is 53.3 Å². The summed E-state index contributed by atoms with van der Waals surface area (Å²) in [5.74, 6) is 0.604. The molecule has 2 aromatic carbocycles. The zero-order chi connectivity index (χ0) is 18.4. The van der Waals surface area contributed by atoms with Gasteiger partial charge in [0, 0.05) is 37.4 Å². The predicted molar refractivity (Wildman–Crippen MR) is 109 cm³/mol. The molecule has 27 heavy (non-hydrogen) atoms. The number of rotatable bonds is 2. The standard InChI is InChI=1S/C21H21N5O/c1-25-8-10-26(11-9-25)15-6-7-18-19(13-15)23-20(22-18)16-12-14-4-2-3-5-17(14)24-21(16)27/h2-7,12-13H,8-11H2,1H3,(H,22,23)(H,24,27). The zero-order valence-corrected chi connectivity index (χ0v) is 15.2. The number of likely N-dealkylation sites (N-methyl/N-ethyl adjacent to an activating group) is 1. The maximum Gasteiger partial charge on any atom is 0.259 e. The summed E-state index contributed by atoms with van der Waals surface area (Å²) >= 11 is 0. The minimum atomic E-state index is -0.132. The topological polar surface area (TPSA) is 68.0 Å². The number of H-pyrrole nitrogens is 2. The summed E-state index contributed by atoms with van der Waals surface area (Å²) in [6, 6.07) is 16.0. The minimum Gasteiger partial charge on any atom is -0.369 e. The number of para-hydroxylation sites is 1. The number of aromatic nitrogens is 3. The van der Waals surface area contributed by atoms with Crippen LogP contribution in [0, 0.1) is 0 Å². The minimum absolute atomic E-state index is 0.132. The summed E-state index contributed by atoms with van der Waals surface area (Å²) in [5, 5.41) is 0.991. The fourth-order valence-electron chi connectivity index (χ4n) is 3.71. The molecule has 1 aliphatic rings. The second-order valence-electron chi connectivity index (χ2n) is 7.18. The number of nitrogens with zero attached hydrogens (tertiary/aromatic N) is 3. The van der Waals surface area contributed by atoms with Gasteiger partial charge in [0.25, 0.3) is 5.56 Å². The lowest BCUT2D eigenvalue weighted by atomic mass is 10.1. The van der Waals surface area contributed by atoms with Crippen molar-refractivity contribution in [3.63, 3.8) is 0 Å². The van der Waals surface area contributed by atoms with Crippen LogP contribution in [0.4, 0.5) is 5.69 Å². The fraction of sp³-hybridized carbons (Fsp3) is 0.238. The Bertz CT molecular complexity index is 1180. The number of nitrogens with one attached hydrogen (secondary N) is 2. The number of aromatic amines is 2. The van der Waals surface area contributed by atoms with Crippen LogP contribution in [0.25, 0.3) is 33.3 Å². The van der Waals surface area contributed by atoms with Gasteiger partial charge >= 0.3 is 0 Å². The molecule has 3 heterocycles. The van der Waals surface area contributed by atoms with Crippen molar-refractivity contribution >= 4 is 27.6 Å². The highest BCUT2D eigenvalue weighted by Gasteiger charge is 2.16. The molecule has 6 heteroatoms. The lowest BCUT2D eigenvalue weighted by Crippen LogP contribution is -2.44. The average Bonchev–Trinajstić information content (AvgIpc) is 3.11. The Morgan fingerprint density at radius 2 is 1.74 bits per heavy atom. The van der Waals surface area contributed by atoms with Gasteiger partial charge in [0.2, 0.25) is 0 Å². The number of fused-ring (bicyclic) bond motifs is 2. The highest BCUT2D eigenvalue weighted by Crippen LogP contribution is 2.25. The van der Waals surface area contributed by atoms with E-state index in [1.165, 1.54) is 5.69 Å². The first-order chi connectivity index (χ1) is 13.2. The van der Waals surface area contributed by atoms with E-state index in [-0.39, 0.29) is 5.56 Å². The summed E-state index contributed by atoms with van der Waals surface area (Å²) < 4.78 is 0. The molecule has 0 aliphatic carbocycles. The molecule has 4 aromatic rings. The van der Waals surface area contributed by atoms with Crippen LogP contribution >= 0.6 is 0 Å². The molecule has 2 aromatic heterocycles. The van der Waals surface area contributed by atoms with Crippen molar-refractivity contribution in [3.8, 4) is 11.4 Å². The monoisotopic (exact) mass is 359 g/mol. The van der Waals surface area contributed by atoms with Crippen molar-refractivity contribution in [2.45, 2.75) is 0 Å². The molecule has 6 nitrogen and oxygen atoms in total. The highest BCUT2D eigenvalue weighted by molar-refractivity contribution is 5.86. The number of anilines is 1. The lowest BCUT2D eigenvalue weighted by molar-refractivity contribution is 0.313. The van der Waals surface area contributed by atoms with Crippen LogP contribution in [-0.2, 0) is 0 Å². The van der Waals surface area contributed by atoms with E-state index in [1.54, 1.807) is 0 Å². The predicted octanol–water partition coefficient (Wildman–Crippen LogP) is 2.82. The van der Waals surface area contributed by atoms with E-state index < -0.39 is 0 Å². The third kappa shape index (κ3) is 2.88. The van der Waals surface area contributed by atoms with Gasteiger partial charge in [-0.25, -0.2) is 4.98 Å². The van der Waals surface area contributed by atoms with E-state index in [0.29, 0.717) is 11.4 Å². The maximum absolute atomic E-state index is 12.5. The largest absolute Gasteiger partial charge is 0.369 e. The molecule has 0 saturated carbocycles. The van der Waals surface area contributed by atoms with Gasteiger partial charge in [-0.3, -0.25) is 4.79 Å². The fourth-order valence-corrected chi connectivity index (χ4v) is 3.71. The number of hydrogen-bond acceptors (Lipinski definition) is 4. The third-order valence-corrected chi connectivity index (χ3v) is 5.34. The number of imidazole rings is 1. The van der Waals surface area contributed by atoms with Gasteiger partial charge in [0.15, 0.2) is 0 Å². The molecular formula is C21H21N5O. The maximum atomic E-state index is 12.5. The average molecular weight is 359 g/mol. The molecule has 1 saturated heterocycles. The molecule has 1 aliphatic heterocycles. The first-order valence-electron chi connectivity index (χ1n) is 9.23. The summed E-state index contributed by atoms with van der Waals surface area (Å²) in [7, 11) is 2.15. The van der Waals surface area contributed by atoms with Crippen LogP contribution in [0.1, 0.15) is 0 Å². The molecule has 0 unspecified atom stereocenters. The van der Waals surface area contributed by atoms with Crippen LogP contribution < -0.4 is 10.5 Å². The second kappa shape index (κ2) is 6.25. The van der Waals surface area contributed by atoms with Crippen molar-refractivity contribution in [1.29, 1.82) is 0 Å². The van der Waals surface area contributed by atoms with Crippen molar-refractivity contribution in [2.24, 2.45) is 0 Å². The molecule has 2 N–H and O–H groups in total. The Kier molecular flexibility index (Phi) is 3.72. The Balaban J connectivity index is 1.55. The molecule has 0 amide bonds. The summed E-state index contributed by atoms with van der Waals surface area (Å²) in [6.07, 6.45) is 0. The Morgan fingerprint density at radius 1 is 0.926 bits per heavy atom. The van der Waals surface area contributed by atoms with Gasteiger partial charge in [-0.05, 0) is 42.8 Å². The molecule has 0 bridgehead atoms. The van der Waals surface area contributed by atoms with Gasteiger partial charge < -0.3 is 19.8 Å². The normalized spacial score (nSPS) is 15.7. The smallest absolute Gasteiger partial charge is 0.259 e. The van der Waals surface area contributed by atoms with Crippen molar-refractivity contribution in [3.05, 3.63) is 58.9 Å². The number of piperazine rings is 1. The van der Waals surface area contributed by atoms with E-state index in [0.717, 1.165) is 48.1 Å². The summed E-state index contributed by atoms with van der Waals surface area (Å²) in [4.78, 5) is 28.2. The molecular weight excluding hydrogens is 338 g/mol. The molecule has 136 valence electrons. The second-order valence-corrected chi connectivity index (χ2v) is 7.18. The first-order valence-corrected chi connectivity index (χ1v) is 9.23. The van der Waals surface area contributed by atoms with E-state index in [1.807, 2.05) is 30.3 Å². The zero-order valence-electron chi connectivity index (χ0n) is 15.2. The first kappa shape index (κ1) is 16.1. The van der Waals surface area contributed by atoms with Gasteiger partial charge in [0.05, 0.1) is 16.6 Å². The van der Waals surface area contributed by atoms with E-state index >= 15 is 0 Å². The summed E-state index contributed by atoms with van der Waals surface area (Å²) in [5.41, 5.74) is 4.27. The Labute approximate surface area is 156 Å². The summed E-state index contributed by atoms with van der Waals surface area (Å²) in [6.45, 7) is 4.17. The molecule has 0 spiro atoms. The van der Waals surface area contributed by atoms with Gasteiger partial charge in [-0.1, -0.05) is 18.2 Å². The van der Waals surface area contributed by atoms with Crippen LogP contribution in [-0.4, -0.2) is 53.1 Å². The molecule has 1 fully saturated rings. The van der Waals surface area contributed by atoms with Crippen LogP contribution in [0.3, 0.4) is 0 Å².